The van der Waals surface area contributed by atoms with E-state index in [9.17, 15) is 22.0 Å². The van der Waals surface area contributed by atoms with E-state index in [1.807, 2.05) is 36.5 Å². The number of rotatable bonds is 9. The first-order chi connectivity index (χ1) is 18.7. The largest absolute Gasteiger partial charge is 0.347 e. The van der Waals surface area contributed by atoms with Crippen LogP contribution in [-0.2, 0) is 22.1 Å². The molecule has 0 atom stereocenters. The van der Waals surface area contributed by atoms with Crippen LogP contribution in [0.1, 0.15) is 42.6 Å². The summed E-state index contributed by atoms with van der Waals surface area (Å²) in [4.78, 5) is 17.9. The number of pyridine rings is 1. The van der Waals surface area contributed by atoms with Crippen molar-refractivity contribution in [3.63, 3.8) is 0 Å². The van der Waals surface area contributed by atoms with E-state index in [1.165, 1.54) is 17.5 Å². The quantitative estimate of drug-likeness (QED) is 0.136. The van der Waals surface area contributed by atoms with Gasteiger partial charge in [0, 0.05) is 63.0 Å². The van der Waals surface area contributed by atoms with Crippen LogP contribution in [0.25, 0.3) is 31.8 Å². The van der Waals surface area contributed by atoms with Gasteiger partial charge in [0.05, 0.1) is 5.75 Å². The lowest BCUT2D eigenvalue weighted by atomic mass is 10.1. The predicted octanol–water partition coefficient (Wildman–Crippen LogP) is 7.69. The third-order valence-electron chi connectivity index (χ3n) is 6.57. The van der Waals surface area contributed by atoms with Crippen LogP contribution in [0, 0.1) is 11.6 Å². The van der Waals surface area contributed by atoms with Crippen molar-refractivity contribution in [2.45, 2.75) is 43.9 Å². The maximum atomic E-state index is 14.1. The van der Waals surface area contributed by atoms with Crippen molar-refractivity contribution in [2.24, 2.45) is 0 Å². The van der Waals surface area contributed by atoms with Gasteiger partial charge in [0.15, 0.2) is 15.6 Å². The Morgan fingerprint density at radius 2 is 1.74 bits per heavy atom. The Labute approximate surface area is 229 Å². The minimum absolute atomic E-state index is 0.0256. The molecule has 0 aliphatic heterocycles. The molecule has 0 amide bonds. The summed E-state index contributed by atoms with van der Waals surface area (Å²) in [6.07, 6.45) is 7.11. The van der Waals surface area contributed by atoms with Crippen LogP contribution in [0.15, 0.2) is 78.1 Å². The number of ketones is 1. The molecule has 39 heavy (non-hydrogen) atoms. The SMILES string of the molecule is CCCCn1cc(C(C)=O)c2cc(-c3ccc(-c4cncc(CS(=O)(=O)c5ccc(F)cc5F)c4)s3)ccc21. The monoisotopic (exact) mass is 564 g/mol. The lowest BCUT2D eigenvalue weighted by Crippen LogP contribution is -2.08. The number of carbonyl (C=O) groups is 1. The molecule has 0 aliphatic carbocycles. The molecule has 0 spiro atoms. The van der Waals surface area contributed by atoms with Gasteiger partial charge in [0.25, 0.3) is 0 Å². The molecule has 5 nitrogen and oxygen atoms in total. The summed E-state index contributed by atoms with van der Waals surface area (Å²) in [6.45, 7) is 4.58. The topological polar surface area (TPSA) is 69.0 Å². The van der Waals surface area contributed by atoms with Gasteiger partial charge in [0.1, 0.15) is 16.5 Å². The van der Waals surface area contributed by atoms with Crippen molar-refractivity contribution in [3.05, 3.63) is 95.9 Å². The van der Waals surface area contributed by atoms with Crippen molar-refractivity contribution in [1.29, 1.82) is 0 Å². The molecule has 5 rings (SSSR count). The van der Waals surface area contributed by atoms with Crippen LogP contribution in [0.5, 0.6) is 0 Å². The molecule has 0 aliphatic rings. The van der Waals surface area contributed by atoms with Gasteiger partial charge < -0.3 is 4.57 Å². The molecule has 0 fully saturated rings. The third kappa shape index (κ3) is 5.55. The van der Waals surface area contributed by atoms with Gasteiger partial charge in [-0.25, -0.2) is 17.2 Å². The standard InChI is InChI=1S/C30H26F2N2O3S2/c1-3-4-11-34-17-25(19(2)35)24-13-21(5-7-27(24)34)28-8-9-29(38-28)22-12-20(15-33-16-22)18-39(36,37)30-10-6-23(31)14-26(30)32/h5-10,12-17H,3-4,11,18H2,1-2H3. The van der Waals surface area contributed by atoms with Gasteiger partial charge in [0.2, 0.25) is 0 Å². The Morgan fingerprint density at radius 3 is 2.46 bits per heavy atom. The maximum Gasteiger partial charge on any atom is 0.185 e. The summed E-state index contributed by atoms with van der Waals surface area (Å²) >= 11 is 1.53. The second kappa shape index (κ2) is 10.8. The minimum atomic E-state index is -4.04. The highest BCUT2D eigenvalue weighted by Crippen LogP contribution is 2.37. The average molecular weight is 565 g/mol. The van der Waals surface area contributed by atoms with Gasteiger partial charge in [-0.15, -0.1) is 11.3 Å². The fraction of sp³-hybridized carbons (Fsp3) is 0.200. The number of thiophene rings is 1. The highest BCUT2D eigenvalue weighted by atomic mass is 32.2. The first-order valence-corrected chi connectivity index (χ1v) is 15.0. The predicted molar refractivity (Wildman–Crippen MR) is 151 cm³/mol. The summed E-state index contributed by atoms with van der Waals surface area (Å²) in [6, 6.07) is 14.2. The fourth-order valence-electron chi connectivity index (χ4n) is 4.62. The third-order valence-corrected chi connectivity index (χ3v) is 9.47. The number of sulfone groups is 1. The van der Waals surface area contributed by atoms with Gasteiger partial charge in [-0.1, -0.05) is 19.4 Å². The van der Waals surface area contributed by atoms with E-state index in [4.69, 9.17) is 0 Å². The average Bonchev–Trinajstić information content (AvgIpc) is 3.52. The van der Waals surface area contributed by atoms with E-state index in [0.29, 0.717) is 17.2 Å². The van der Waals surface area contributed by atoms with Crippen LogP contribution >= 0.6 is 11.3 Å². The van der Waals surface area contributed by atoms with Crippen LogP contribution < -0.4 is 0 Å². The number of halogens is 2. The van der Waals surface area contributed by atoms with E-state index in [0.717, 1.165) is 63.3 Å². The number of hydrogen-bond acceptors (Lipinski definition) is 5. The molecule has 3 aromatic heterocycles. The van der Waals surface area contributed by atoms with Gasteiger partial charge in [-0.3, -0.25) is 9.78 Å². The lowest BCUT2D eigenvalue weighted by molar-refractivity contribution is 0.101. The van der Waals surface area contributed by atoms with E-state index < -0.39 is 32.1 Å². The Kier molecular flexibility index (Phi) is 7.46. The molecule has 5 aromatic rings. The van der Waals surface area contributed by atoms with E-state index in [-0.39, 0.29) is 5.78 Å². The molecule has 0 saturated carbocycles. The summed E-state index contributed by atoms with van der Waals surface area (Å²) in [5.74, 6) is -2.40. The number of hydrogen-bond donors (Lipinski definition) is 0. The van der Waals surface area contributed by atoms with Crippen molar-refractivity contribution in [1.82, 2.24) is 9.55 Å². The zero-order valence-corrected chi connectivity index (χ0v) is 23.1. The molecule has 0 N–H and O–H groups in total. The normalized spacial score (nSPS) is 11.8. The fourth-order valence-corrected chi connectivity index (χ4v) is 6.99. The maximum absolute atomic E-state index is 14.1. The second-order valence-corrected chi connectivity index (χ2v) is 12.5. The zero-order valence-electron chi connectivity index (χ0n) is 21.4. The number of benzene rings is 2. The second-order valence-electron chi connectivity index (χ2n) is 9.46. The Hall–Kier alpha value is -3.69. The Morgan fingerprint density at radius 1 is 0.974 bits per heavy atom. The molecular weight excluding hydrogens is 538 g/mol. The smallest absolute Gasteiger partial charge is 0.185 e. The number of aryl methyl sites for hydroxylation is 1. The summed E-state index contributed by atoms with van der Waals surface area (Å²) < 4.78 is 55.1. The van der Waals surface area contributed by atoms with Crippen LogP contribution in [0.3, 0.4) is 0 Å². The minimum Gasteiger partial charge on any atom is -0.347 e. The highest BCUT2D eigenvalue weighted by molar-refractivity contribution is 7.90. The summed E-state index contributed by atoms with van der Waals surface area (Å²) in [7, 11) is -4.04. The molecule has 3 heterocycles. The number of Topliss-reactive ketones (excluding diaryl/α,β-unsaturated/α-hetero) is 1. The van der Waals surface area contributed by atoms with Crippen molar-refractivity contribution in [2.75, 3.05) is 0 Å². The van der Waals surface area contributed by atoms with Gasteiger partial charge >= 0.3 is 0 Å². The number of aromatic nitrogens is 2. The summed E-state index contributed by atoms with van der Waals surface area (Å²) in [5, 5.41) is 0.924. The molecule has 9 heteroatoms. The molecule has 2 aromatic carbocycles. The molecule has 0 radical (unpaired) electrons. The molecule has 0 bridgehead atoms. The lowest BCUT2D eigenvalue weighted by Gasteiger charge is -2.07. The Balaban J connectivity index is 1.44. The van der Waals surface area contributed by atoms with Gasteiger partial charge in [-0.2, -0.15) is 0 Å². The van der Waals surface area contributed by atoms with E-state index >= 15 is 0 Å². The molecule has 200 valence electrons. The number of unbranched alkanes of at least 4 members (excludes halogenated alkanes) is 1. The zero-order chi connectivity index (χ0) is 27.7. The molecule has 0 saturated heterocycles. The van der Waals surface area contributed by atoms with Crippen LogP contribution in [0.4, 0.5) is 8.78 Å². The van der Waals surface area contributed by atoms with Gasteiger partial charge in [-0.05, 0) is 66.9 Å². The highest BCUT2D eigenvalue weighted by Gasteiger charge is 2.21. The van der Waals surface area contributed by atoms with Crippen molar-refractivity contribution in [3.8, 4) is 20.9 Å². The van der Waals surface area contributed by atoms with E-state index in [2.05, 4.69) is 16.5 Å². The van der Waals surface area contributed by atoms with Crippen LogP contribution in [0.2, 0.25) is 0 Å². The first-order valence-electron chi connectivity index (χ1n) is 12.5. The van der Waals surface area contributed by atoms with Crippen molar-refractivity contribution < 1.29 is 22.0 Å². The van der Waals surface area contributed by atoms with E-state index in [1.54, 1.807) is 19.2 Å². The summed E-state index contributed by atoms with van der Waals surface area (Å²) in [5.41, 5.74) is 3.84. The number of fused-ring (bicyclic) bond motifs is 1. The van der Waals surface area contributed by atoms with Crippen LogP contribution in [-0.4, -0.2) is 23.8 Å². The van der Waals surface area contributed by atoms with Crippen molar-refractivity contribution >= 4 is 37.9 Å². The number of carbonyl (C=O) groups excluding carboxylic acids is 1. The first kappa shape index (κ1) is 26.9. The molecule has 0 unspecified atom stereocenters. The molecular formula is C30H26F2N2O3S2. The number of nitrogens with zero attached hydrogens (tertiary/aromatic N) is 2. The Bertz CT molecular complexity index is 1810.